The number of benzene rings is 2. The molecule has 27 heavy (non-hydrogen) atoms. The maximum Gasteiger partial charge on any atom is 0.185 e. The summed E-state index contributed by atoms with van der Waals surface area (Å²) in [5.74, 6) is -0.0110. The van der Waals surface area contributed by atoms with Crippen molar-refractivity contribution in [1.29, 1.82) is 0 Å². The minimum absolute atomic E-state index is 0.330. The quantitative estimate of drug-likeness (QED) is 0.522. The summed E-state index contributed by atoms with van der Waals surface area (Å²) in [6.45, 7) is 0.330. The topological polar surface area (TPSA) is 75.3 Å². The summed E-state index contributed by atoms with van der Waals surface area (Å²) < 4.78 is 15.0. The Kier molecular flexibility index (Phi) is 4.55. The third kappa shape index (κ3) is 3.65. The Labute approximate surface area is 163 Å². The lowest BCUT2D eigenvalue weighted by atomic mass is 10.2. The number of hydrogen-bond acceptors (Lipinski definition) is 5. The van der Waals surface area contributed by atoms with E-state index in [1.165, 1.54) is 12.1 Å². The molecule has 2 N–H and O–H groups in total. The molecular weight excluding hydrogens is 392 g/mol. The van der Waals surface area contributed by atoms with E-state index < -0.39 is 5.82 Å². The van der Waals surface area contributed by atoms with Crippen molar-refractivity contribution in [2.24, 2.45) is 0 Å². The largest absolute Gasteiger partial charge is 0.505 e. The number of halogens is 3. The van der Waals surface area contributed by atoms with E-state index in [9.17, 15) is 9.50 Å². The molecule has 4 aromatic rings. The van der Waals surface area contributed by atoms with Crippen LogP contribution in [0.25, 0.3) is 17.0 Å². The molecule has 9 heteroatoms. The summed E-state index contributed by atoms with van der Waals surface area (Å²) >= 11 is 12.1. The van der Waals surface area contributed by atoms with Gasteiger partial charge in [0.15, 0.2) is 23.0 Å². The van der Waals surface area contributed by atoms with E-state index >= 15 is 0 Å². The first-order valence-electron chi connectivity index (χ1n) is 7.90. The van der Waals surface area contributed by atoms with Gasteiger partial charge in [-0.15, -0.1) is 15.3 Å². The summed E-state index contributed by atoms with van der Waals surface area (Å²) in [5.41, 5.74) is 1.91. The second-order valence-electron chi connectivity index (χ2n) is 5.81. The number of aromatic hydroxyl groups is 1. The van der Waals surface area contributed by atoms with Gasteiger partial charge in [-0.05, 0) is 48.0 Å². The number of anilines is 1. The van der Waals surface area contributed by atoms with Crippen LogP contribution in [0, 0.1) is 5.82 Å². The van der Waals surface area contributed by atoms with E-state index in [4.69, 9.17) is 23.2 Å². The van der Waals surface area contributed by atoms with Crippen molar-refractivity contribution >= 4 is 34.7 Å². The van der Waals surface area contributed by atoms with E-state index in [2.05, 4.69) is 20.6 Å². The van der Waals surface area contributed by atoms with Crippen LogP contribution in [0.5, 0.6) is 5.75 Å². The van der Waals surface area contributed by atoms with E-state index in [1.54, 1.807) is 40.9 Å². The van der Waals surface area contributed by atoms with Crippen molar-refractivity contribution in [2.45, 2.75) is 6.54 Å². The van der Waals surface area contributed by atoms with E-state index in [0.717, 1.165) is 0 Å². The van der Waals surface area contributed by atoms with Crippen molar-refractivity contribution < 1.29 is 9.50 Å². The molecule has 6 nitrogen and oxygen atoms in total. The zero-order chi connectivity index (χ0) is 19.0. The van der Waals surface area contributed by atoms with Gasteiger partial charge in [-0.1, -0.05) is 29.3 Å². The average molecular weight is 404 g/mol. The molecule has 0 radical (unpaired) electrons. The molecule has 2 aromatic heterocycles. The van der Waals surface area contributed by atoms with Crippen molar-refractivity contribution in [2.75, 3.05) is 5.32 Å². The van der Waals surface area contributed by atoms with E-state index in [-0.39, 0.29) is 5.75 Å². The van der Waals surface area contributed by atoms with Gasteiger partial charge in [0.2, 0.25) is 0 Å². The Hall–Kier alpha value is -2.90. The lowest BCUT2D eigenvalue weighted by molar-refractivity contribution is 0.432. The van der Waals surface area contributed by atoms with Gasteiger partial charge in [0.05, 0.1) is 0 Å². The molecule has 0 aliphatic heterocycles. The average Bonchev–Trinajstić information content (AvgIpc) is 3.05. The molecule has 2 aromatic carbocycles. The molecule has 0 spiro atoms. The SMILES string of the molecule is Oc1ccc(CNc2ccc3nnc(-c4cc(Cl)cc(Cl)c4)n3n2)cc1F. The van der Waals surface area contributed by atoms with Crippen molar-refractivity contribution in [1.82, 2.24) is 19.8 Å². The molecule has 0 atom stereocenters. The van der Waals surface area contributed by atoms with Crippen LogP contribution in [-0.2, 0) is 6.54 Å². The van der Waals surface area contributed by atoms with Gasteiger partial charge in [0, 0.05) is 22.2 Å². The molecule has 0 bridgehead atoms. The molecule has 4 rings (SSSR count). The molecule has 136 valence electrons. The summed E-state index contributed by atoms with van der Waals surface area (Å²) in [4.78, 5) is 0. The maximum atomic E-state index is 13.4. The molecule has 0 fully saturated rings. The monoisotopic (exact) mass is 403 g/mol. The van der Waals surface area contributed by atoms with Gasteiger partial charge in [-0.25, -0.2) is 4.39 Å². The Morgan fingerprint density at radius 1 is 1.00 bits per heavy atom. The molecule has 0 amide bonds. The van der Waals surface area contributed by atoms with Crippen LogP contribution in [0.4, 0.5) is 10.2 Å². The van der Waals surface area contributed by atoms with Crippen LogP contribution in [0.2, 0.25) is 10.0 Å². The summed E-state index contributed by atoms with van der Waals surface area (Å²) in [6.07, 6.45) is 0. The lowest BCUT2D eigenvalue weighted by Crippen LogP contribution is -2.05. The molecule has 0 aliphatic rings. The van der Waals surface area contributed by atoms with E-state index in [0.29, 0.717) is 45.0 Å². The fourth-order valence-electron chi connectivity index (χ4n) is 2.60. The second kappa shape index (κ2) is 7.02. The Morgan fingerprint density at radius 3 is 2.52 bits per heavy atom. The number of phenols is 1. The lowest BCUT2D eigenvalue weighted by Gasteiger charge is -2.07. The van der Waals surface area contributed by atoms with Crippen molar-refractivity contribution in [3.05, 3.63) is 70.0 Å². The summed E-state index contributed by atoms with van der Waals surface area (Å²) in [7, 11) is 0. The minimum atomic E-state index is -0.670. The number of nitrogens with one attached hydrogen (secondary N) is 1. The Bertz CT molecular complexity index is 1130. The maximum absolute atomic E-state index is 13.4. The van der Waals surface area contributed by atoms with Gasteiger partial charge < -0.3 is 10.4 Å². The van der Waals surface area contributed by atoms with Gasteiger partial charge >= 0.3 is 0 Å². The highest BCUT2D eigenvalue weighted by Crippen LogP contribution is 2.26. The van der Waals surface area contributed by atoms with Crippen LogP contribution in [0.1, 0.15) is 5.56 Å². The number of phenolic OH excluding ortho intramolecular Hbond substituents is 1. The van der Waals surface area contributed by atoms with Crippen LogP contribution < -0.4 is 5.32 Å². The molecule has 0 aliphatic carbocycles. The predicted molar refractivity (Wildman–Crippen MR) is 102 cm³/mol. The molecular formula is C18H12Cl2FN5O. The Morgan fingerprint density at radius 2 is 1.78 bits per heavy atom. The van der Waals surface area contributed by atoms with Gasteiger partial charge in [0.25, 0.3) is 0 Å². The normalized spacial score (nSPS) is 11.1. The van der Waals surface area contributed by atoms with Crippen molar-refractivity contribution in [3.8, 4) is 17.1 Å². The highest BCUT2D eigenvalue weighted by molar-refractivity contribution is 6.35. The fourth-order valence-corrected chi connectivity index (χ4v) is 3.13. The smallest absolute Gasteiger partial charge is 0.185 e. The van der Waals surface area contributed by atoms with Crippen LogP contribution in [0.3, 0.4) is 0 Å². The first-order valence-corrected chi connectivity index (χ1v) is 8.65. The van der Waals surface area contributed by atoms with Crippen LogP contribution in [-0.4, -0.2) is 24.9 Å². The highest BCUT2D eigenvalue weighted by Gasteiger charge is 2.12. The van der Waals surface area contributed by atoms with E-state index in [1.807, 2.05) is 0 Å². The molecule has 2 heterocycles. The minimum Gasteiger partial charge on any atom is -0.505 e. The van der Waals surface area contributed by atoms with Gasteiger partial charge in [-0.2, -0.15) is 4.52 Å². The Balaban J connectivity index is 1.64. The molecule has 0 unspecified atom stereocenters. The zero-order valence-corrected chi connectivity index (χ0v) is 15.2. The molecule has 0 saturated heterocycles. The number of aromatic nitrogens is 4. The number of fused-ring (bicyclic) bond motifs is 1. The standard InChI is InChI=1S/C18H12Cl2FN5O/c19-12-6-11(7-13(20)8-12)18-24-23-17-4-3-16(25-26(17)18)22-9-10-1-2-15(27)14(21)5-10/h1-8,27H,9H2,(H,22,25). The third-order valence-corrected chi connectivity index (χ3v) is 4.31. The fraction of sp³-hybridized carbons (Fsp3) is 0.0556. The number of hydrogen-bond donors (Lipinski definition) is 2. The van der Waals surface area contributed by atoms with Gasteiger partial charge in [-0.3, -0.25) is 0 Å². The molecule has 0 saturated carbocycles. The van der Waals surface area contributed by atoms with Crippen LogP contribution in [0.15, 0.2) is 48.5 Å². The third-order valence-electron chi connectivity index (χ3n) is 3.87. The van der Waals surface area contributed by atoms with Crippen molar-refractivity contribution in [3.63, 3.8) is 0 Å². The predicted octanol–water partition coefficient (Wildman–Crippen LogP) is 4.55. The highest BCUT2D eigenvalue weighted by atomic mass is 35.5. The van der Waals surface area contributed by atoms with Crippen LogP contribution >= 0.6 is 23.2 Å². The first kappa shape index (κ1) is 17.5. The number of rotatable bonds is 4. The second-order valence-corrected chi connectivity index (χ2v) is 6.68. The summed E-state index contributed by atoms with van der Waals surface area (Å²) in [6, 6.07) is 12.8. The van der Waals surface area contributed by atoms with Gasteiger partial charge in [0.1, 0.15) is 5.82 Å². The number of nitrogens with zero attached hydrogens (tertiary/aromatic N) is 4. The zero-order valence-electron chi connectivity index (χ0n) is 13.7. The first-order chi connectivity index (χ1) is 13.0. The summed E-state index contributed by atoms with van der Waals surface area (Å²) in [5, 5.41) is 26.1.